The Balaban J connectivity index is 3.48. The summed E-state index contributed by atoms with van der Waals surface area (Å²) in [6.07, 6.45) is 9.75. The summed E-state index contributed by atoms with van der Waals surface area (Å²) in [5.41, 5.74) is -0.397. The molecule has 0 unspecified atom stereocenters. The lowest BCUT2D eigenvalue weighted by Crippen LogP contribution is -2.26. The monoisotopic (exact) mass is 545 g/mol. The van der Waals surface area contributed by atoms with E-state index in [0.29, 0.717) is 13.0 Å². The first kappa shape index (κ1) is 34.7. The maximum Gasteiger partial charge on any atom is 0.414 e. The highest BCUT2D eigenvalue weighted by Crippen LogP contribution is 2.22. The summed E-state index contributed by atoms with van der Waals surface area (Å²) in [4.78, 5) is 20.4. The van der Waals surface area contributed by atoms with Crippen molar-refractivity contribution in [1.29, 1.82) is 0 Å². The van der Waals surface area contributed by atoms with Crippen molar-refractivity contribution >= 4 is 16.1 Å². The van der Waals surface area contributed by atoms with Gasteiger partial charge in [0.25, 0.3) is 0 Å². The largest absolute Gasteiger partial charge is 0.742 e. The van der Waals surface area contributed by atoms with Gasteiger partial charge in [0.05, 0.1) is 24.7 Å². The quantitative estimate of drug-likeness (QED) is 0.0351. The fourth-order valence-electron chi connectivity index (χ4n) is 3.26. The maximum atomic E-state index is 12.2. The fourth-order valence-corrected chi connectivity index (χ4v) is 3.67. The number of allylic oxidation sites excluding steroid dienone is 1. The molecule has 0 heterocycles. The SMILES string of the molecule is CCC(C)(C)C(=O)OCCCCCCCCCCCCCCCCOO/C(=C\C(F)(F)F)S(=O)(=O)[O-]. The predicted octanol–water partition coefficient (Wildman–Crippen LogP) is 7.32. The molecule has 0 bridgehead atoms. The molecule has 0 saturated carbocycles. The van der Waals surface area contributed by atoms with Crippen molar-refractivity contribution in [1.82, 2.24) is 0 Å². The molecule has 0 aliphatic rings. The first-order valence-corrected chi connectivity index (χ1v) is 14.4. The Morgan fingerprint density at radius 3 is 1.53 bits per heavy atom. The van der Waals surface area contributed by atoms with Gasteiger partial charge in [-0.15, -0.1) is 0 Å². The van der Waals surface area contributed by atoms with E-state index in [4.69, 9.17) is 4.74 Å². The molecule has 0 rings (SSSR count). The Labute approximate surface area is 214 Å². The van der Waals surface area contributed by atoms with Crippen LogP contribution in [0.2, 0.25) is 0 Å². The summed E-state index contributed by atoms with van der Waals surface area (Å²) < 4.78 is 74.1. The van der Waals surface area contributed by atoms with Gasteiger partial charge in [-0.3, -0.25) is 4.79 Å². The standard InChI is InChI=1S/C25H45F3O7S/c1-4-24(2,3)23(29)33-19-17-15-13-11-9-7-5-6-8-10-12-14-16-18-20-34-35-22(36(30,31)32)21-25(26,27)28/h21H,4-20H2,1-3H3,(H,30,31,32)/p-1/b22-21+. The molecule has 0 spiro atoms. The molecule has 36 heavy (non-hydrogen) atoms. The van der Waals surface area contributed by atoms with Crippen molar-refractivity contribution < 1.29 is 45.4 Å². The normalized spacial score (nSPS) is 13.1. The van der Waals surface area contributed by atoms with Crippen LogP contribution in [0.25, 0.3) is 0 Å². The summed E-state index contributed by atoms with van der Waals surface area (Å²) in [6, 6.07) is 0. The lowest BCUT2D eigenvalue weighted by molar-refractivity contribution is -0.256. The van der Waals surface area contributed by atoms with Crippen LogP contribution in [0.3, 0.4) is 0 Å². The molecule has 7 nitrogen and oxygen atoms in total. The summed E-state index contributed by atoms with van der Waals surface area (Å²) in [6.45, 7) is 6.21. The molecule has 0 amide bonds. The molecule has 0 aliphatic carbocycles. The number of alkyl halides is 3. The van der Waals surface area contributed by atoms with Gasteiger partial charge in [0, 0.05) is 0 Å². The average molecular weight is 546 g/mol. The third-order valence-electron chi connectivity index (χ3n) is 5.96. The van der Waals surface area contributed by atoms with E-state index in [1.54, 1.807) is 0 Å². The van der Waals surface area contributed by atoms with Gasteiger partial charge in [-0.2, -0.15) is 18.1 Å². The Hall–Kier alpha value is -1.33. The van der Waals surface area contributed by atoms with Crippen molar-refractivity contribution in [3.05, 3.63) is 11.2 Å². The highest BCUT2D eigenvalue weighted by Gasteiger charge is 2.28. The molecule has 0 aliphatic heterocycles. The Morgan fingerprint density at radius 2 is 1.17 bits per heavy atom. The second-order valence-corrected chi connectivity index (χ2v) is 11.0. The number of carbonyl (C=O) groups excluding carboxylic acids is 1. The molecule has 0 aromatic heterocycles. The molecule has 11 heteroatoms. The molecular weight excluding hydrogens is 501 g/mol. The molecule has 0 fully saturated rings. The molecule has 0 aromatic rings. The molecule has 0 radical (unpaired) electrons. The minimum atomic E-state index is -5.40. The topological polar surface area (TPSA) is 102 Å². The van der Waals surface area contributed by atoms with Crippen LogP contribution < -0.4 is 0 Å². The number of unbranched alkanes of at least 4 members (excludes halogenated alkanes) is 13. The second kappa shape index (κ2) is 18.8. The lowest BCUT2D eigenvalue weighted by atomic mass is 9.91. The van der Waals surface area contributed by atoms with Gasteiger partial charge in [0.15, 0.2) is 10.1 Å². The minimum Gasteiger partial charge on any atom is -0.742 e. The van der Waals surface area contributed by atoms with Crippen molar-refractivity contribution in [2.24, 2.45) is 5.41 Å². The van der Waals surface area contributed by atoms with Crippen molar-refractivity contribution in [3.63, 3.8) is 0 Å². The van der Waals surface area contributed by atoms with Crippen LogP contribution in [0.15, 0.2) is 11.2 Å². The van der Waals surface area contributed by atoms with E-state index in [1.807, 2.05) is 20.8 Å². The molecule has 0 aromatic carbocycles. The smallest absolute Gasteiger partial charge is 0.414 e. The lowest BCUT2D eigenvalue weighted by Gasteiger charge is -2.20. The number of hydrogen-bond acceptors (Lipinski definition) is 7. The fraction of sp³-hybridized carbons (Fsp3) is 0.880. The van der Waals surface area contributed by atoms with Crippen LogP contribution in [0, 0.1) is 5.41 Å². The zero-order valence-electron chi connectivity index (χ0n) is 22.0. The summed E-state index contributed by atoms with van der Waals surface area (Å²) >= 11 is 0. The minimum absolute atomic E-state index is 0.104. The Kier molecular flexibility index (Phi) is 18.1. The number of hydrogen-bond donors (Lipinski definition) is 0. The Bertz CT molecular complexity index is 720. The number of esters is 1. The number of ether oxygens (including phenoxy) is 1. The predicted molar refractivity (Wildman–Crippen MR) is 131 cm³/mol. The van der Waals surface area contributed by atoms with Gasteiger partial charge in [-0.25, -0.2) is 8.42 Å². The van der Waals surface area contributed by atoms with Crippen LogP contribution >= 0.6 is 0 Å². The zero-order chi connectivity index (χ0) is 27.5. The highest BCUT2D eigenvalue weighted by molar-refractivity contribution is 7.89. The van der Waals surface area contributed by atoms with E-state index in [-0.39, 0.29) is 12.6 Å². The summed E-state index contributed by atoms with van der Waals surface area (Å²) in [7, 11) is -5.40. The average Bonchev–Trinajstić information content (AvgIpc) is 2.78. The van der Waals surface area contributed by atoms with E-state index in [2.05, 4.69) is 9.78 Å². The second-order valence-electron chi connectivity index (χ2n) is 9.69. The Morgan fingerprint density at radius 1 is 0.778 bits per heavy atom. The third kappa shape index (κ3) is 19.8. The van der Waals surface area contributed by atoms with Crippen molar-refractivity contribution in [2.45, 2.75) is 123 Å². The van der Waals surface area contributed by atoms with Gasteiger partial charge in [0.2, 0.25) is 5.09 Å². The molecule has 0 N–H and O–H groups in total. The highest BCUT2D eigenvalue weighted by atomic mass is 32.2. The molecule has 0 saturated heterocycles. The van der Waals surface area contributed by atoms with Crippen LogP contribution in [0.4, 0.5) is 13.2 Å². The summed E-state index contributed by atoms with van der Waals surface area (Å²) in [5.74, 6) is -0.112. The van der Waals surface area contributed by atoms with Gasteiger partial charge in [0.1, 0.15) is 0 Å². The molecule has 214 valence electrons. The van der Waals surface area contributed by atoms with Gasteiger partial charge >= 0.3 is 12.1 Å². The van der Waals surface area contributed by atoms with Gasteiger partial charge in [-0.1, -0.05) is 84.0 Å². The van der Waals surface area contributed by atoms with Crippen LogP contribution in [0.1, 0.15) is 117 Å². The van der Waals surface area contributed by atoms with E-state index < -0.39 is 32.9 Å². The third-order valence-corrected chi connectivity index (χ3v) is 6.64. The first-order valence-electron chi connectivity index (χ1n) is 13.0. The van der Waals surface area contributed by atoms with Gasteiger partial charge in [-0.05, 0) is 33.1 Å². The van der Waals surface area contributed by atoms with Crippen LogP contribution in [-0.4, -0.2) is 38.3 Å². The molecular formula is C25H44F3O7S-. The van der Waals surface area contributed by atoms with Gasteiger partial charge < -0.3 is 14.2 Å². The number of halogens is 3. The number of rotatable bonds is 22. The van der Waals surface area contributed by atoms with E-state index in [0.717, 1.165) is 57.8 Å². The maximum absolute atomic E-state index is 12.2. The number of carbonyl (C=O) groups is 1. The van der Waals surface area contributed by atoms with Crippen molar-refractivity contribution in [3.8, 4) is 0 Å². The van der Waals surface area contributed by atoms with E-state index in [9.17, 15) is 30.9 Å². The zero-order valence-corrected chi connectivity index (χ0v) is 22.8. The molecule has 0 atom stereocenters. The van der Waals surface area contributed by atoms with Crippen LogP contribution in [-0.2, 0) is 29.4 Å². The van der Waals surface area contributed by atoms with E-state index >= 15 is 0 Å². The van der Waals surface area contributed by atoms with Crippen molar-refractivity contribution in [2.75, 3.05) is 13.2 Å². The van der Waals surface area contributed by atoms with Crippen LogP contribution in [0.5, 0.6) is 0 Å². The van der Waals surface area contributed by atoms with E-state index in [1.165, 1.54) is 32.1 Å². The summed E-state index contributed by atoms with van der Waals surface area (Å²) in [5, 5.41) is -1.79. The first-order chi connectivity index (χ1) is 16.8.